The summed E-state index contributed by atoms with van der Waals surface area (Å²) < 4.78 is 2.14. The summed E-state index contributed by atoms with van der Waals surface area (Å²) in [6, 6.07) is 26.6. The van der Waals surface area contributed by atoms with Crippen molar-refractivity contribution in [2.45, 2.75) is 25.3 Å². The lowest BCUT2D eigenvalue weighted by molar-refractivity contribution is -0.121. The number of nitrogens with one attached hydrogen (secondary N) is 1. The van der Waals surface area contributed by atoms with Gasteiger partial charge in [-0.2, -0.15) is 0 Å². The van der Waals surface area contributed by atoms with Gasteiger partial charge >= 0.3 is 0 Å². The zero-order valence-electron chi connectivity index (χ0n) is 16.4. The van der Waals surface area contributed by atoms with E-state index in [1.54, 1.807) is 0 Å². The minimum Gasteiger partial charge on any atom is -0.356 e. The first-order valence-electron chi connectivity index (χ1n) is 10.1. The first kappa shape index (κ1) is 18.9. The molecule has 2 aromatic carbocycles. The number of nitrogens with zero attached hydrogens (tertiary/aromatic N) is 2. The van der Waals surface area contributed by atoms with Crippen molar-refractivity contribution in [1.82, 2.24) is 14.9 Å². The number of fused-ring (bicyclic) bond motifs is 1. The second kappa shape index (κ2) is 9.20. The van der Waals surface area contributed by atoms with E-state index in [0.29, 0.717) is 13.0 Å². The van der Waals surface area contributed by atoms with Crippen LogP contribution in [0.15, 0.2) is 91.3 Å². The second-order valence-electron chi connectivity index (χ2n) is 7.21. The molecule has 0 aliphatic carbocycles. The van der Waals surface area contributed by atoms with Crippen LogP contribution in [-0.2, 0) is 11.3 Å². The number of rotatable bonds is 8. The summed E-state index contributed by atoms with van der Waals surface area (Å²) in [7, 11) is 0. The molecule has 0 fully saturated rings. The van der Waals surface area contributed by atoms with E-state index in [1.165, 1.54) is 11.1 Å². The summed E-state index contributed by atoms with van der Waals surface area (Å²) in [5.41, 5.74) is 3.32. The van der Waals surface area contributed by atoms with E-state index >= 15 is 0 Å². The minimum absolute atomic E-state index is 0.0648. The molecule has 1 amide bonds. The molecule has 2 aromatic heterocycles. The number of aryl methyl sites for hydroxylation is 1. The lowest BCUT2D eigenvalue weighted by Crippen LogP contribution is -2.27. The molecule has 2 heterocycles. The van der Waals surface area contributed by atoms with Gasteiger partial charge < -0.3 is 9.88 Å². The molecule has 4 aromatic rings. The van der Waals surface area contributed by atoms with Gasteiger partial charge in [0.1, 0.15) is 5.65 Å². The van der Waals surface area contributed by atoms with Gasteiger partial charge in [0, 0.05) is 43.2 Å². The zero-order chi connectivity index (χ0) is 19.9. The average Bonchev–Trinajstić information content (AvgIpc) is 3.19. The fourth-order valence-electron chi connectivity index (χ4n) is 3.73. The van der Waals surface area contributed by atoms with Crippen LogP contribution >= 0.6 is 0 Å². The summed E-state index contributed by atoms with van der Waals surface area (Å²) in [4.78, 5) is 17.1. The quantitative estimate of drug-likeness (QED) is 0.446. The molecule has 0 saturated carbocycles. The van der Waals surface area contributed by atoms with Gasteiger partial charge in [-0.1, -0.05) is 60.7 Å². The maximum Gasteiger partial charge on any atom is 0.220 e. The SMILES string of the molecule is O=C(CC(c1ccccc1)c1ccccc1)NCCCn1ccc2cccnc21. The standard InChI is InChI=1S/C25H25N3O/c29-24(26-16-8-17-28-18-14-22-13-7-15-27-25(22)28)19-23(20-9-3-1-4-10-20)21-11-5-2-6-12-21/h1-7,9-15,18,23H,8,16-17,19H2,(H,26,29). The van der Waals surface area contributed by atoms with Gasteiger partial charge in [-0.25, -0.2) is 4.98 Å². The lowest BCUT2D eigenvalue weighted by atomic mass is 9.88. The average molecular weight is 383 g/mol. The molecule has 0 bridgehead atoms. The van der Waals surface area contributed by atoms with Gasteiger partial charge in [0.2, 0.25) is 5.91 Å². The highest BCUT2D eigenvalue weighted by molar-refractivity contribution is 5.77. The van der Waals surface area contributed by atoms with Crippen LogP contribution in [0.2, 0.25) is 0 Å². The van der Waals surface area contributed by atoms with E-state index in [0.717, 1.165) is 24.0 Å². The Balaban J connectivity index is 1.34. The van der Waals surface area contributed by atoms with Crippen LogP contribution in [-0.4, -0.2) is 22.0 Å². The van der Waals surface area contributed by atoms with Gasteiger partial charge in [-0.05, 0) is 35.7 Å². The van der Waals surface area contributed by atoms with E-state index < -0.39 is 0 Å². The van der Waals surface area contributed by atoms with Crippen molar-refractivity contribution >= 4 is 16.9 Å². The number of carbonyl (C=O) groups excluding carboxylic acids is 1. The van der Waals surface area contributed by atoms with Crippen LogP contribution in [0, 0.1) is 0 Å². The third-order valence-electron chi connectivity index (χ3n) is 5.21. The molecule has 0 spiro atoms. The van der Waals surface area contributed by atoms with Gasteiger partial charge in [0.15, 0.2) is 0 Å². The van der Waals surface area contributed by atoms with Crippen LogP contribution in [0.4, 0.5) is 0 Å². The molecule has 0 aliphatic heterocycles. The molecular formula is C25H25N3O. The maximum atomic E-state index is 12.6. The molecule has 146 valence electrons. The molecule has 4 heteroatoms. The van der Waals surface area contributed by atoms with Crippen LogP contribution in [0.1, 0.15) is 29.9 Å². The Morgan fingerprint density at radius 3 is 2.28 bits per heavy atom. The number of pyridine rings is 1. The van der Waals surface area contributed by atoms with Crippen molar-refractivity contribution in [1.29, 1.82) is 0 Å². The predicted molar refractivity (Wildman–Crippen MR) is 117 cm³/mol. The third kappa shape index (κ3) is 4.72. The van der Waals surface area contributed by atoms with Crippen molar-refractivity contribution in [3.63, 3.8) is 0 Å². The number of hydrogen-bond acceptors (Lipinski definition) is 2. The third-order valence-corrected chi connectivity index (χ3v) is 5.21. The Bertz CT molecular complexity index is 1020. The summed E-state index contributed by atoms with van der Waals surface area (Å²) in [6.45, 7) is 1.49. The monoisotopic (exact) mass is 383 g/mol. The molecule has 4 nitrogen and oxygen atoms in total. The molecule has 0 radical (unpaired) electrons. The van der Waals surface area contributed by atoms with Gasteiger partial charge in [-0.3, -0.25) is 4.79 Å². The van der Waals surface area contributed by atoms with Crippen LogP contribution < -0.4 is 5.32 Å². The van der Waals surface area contributed by atoms with Crippen LogP contribution in [0.3, 0.4) is 0 Å². The smallest absolute Gasteiger partial charge is 0.220 e. The zero-order valence-corrected chi connectivity index (χ0v) is 16.4. The molecule has 0 saturated heterocycles. The van der Waals surface area contributed by atoms with Gasteiger partial charge in [-0.15, -0.1) is 0 Å². The highest BCUT2D eigenvalue weighted by atomic mass is 16.1. The van der Waals surface area contributed by atoms with Crippen molar-refractivity contribution in [2.24, 2.45) is 0 Å². The Hall–Kier alpha value is -3.40. The van der Waals surface area contributed by atoms with E-state index in [2.05, 4.69) is 57.5 Å². The van der Waals surface area contributed by atoms with Crippen molar-refractivity contribution in [3.05, 3.63) is 102 Å². The van der Waals surface area contributed by atoms with Crippen molar-refractivity contribution in [3.8, 4) is 0 Å². The van der Waals surface area contributed by atoms with E-state index in [1.807, 2.05) is 48.7 Å². The Morgan fingerprint density at radius 2 is 1.59 bits per heavy atom. The topological polar surface area (TPSA) is 46.9 Å². The molecule has 4 rings (SSSR count). The minimum atomic E-state index is 0.0648. The number of aromatic nitrogens is 2. The van der Waals surface area contributed by atoms with Gasteiger partial charge in [0.05, 0.1) is 0 Å². The van der Waals surface area contributed by atoms with Crippen molar-refractivity contribution < 1.29 is 4.79 Å². The summed E-state index contributed by atoms with van der Waals surface area (Å²) in [5, 5.41) is 4.23. The normalized spacial score (nSPS) is 11.1. The van der Waals surface area contributed by atoms with Gasteiger partial charge in [0.25, 0.3) is 0 Å². The van der Waals surface area contributed by atoms with Crippen molar-refractivity contribution in [2.75, 3.05) is 6.54 Å². The Labute approximate surface area is 171 Å². The first-order chi connectivity index (χ1) is 14.3. The molecular weight excluding hydrogens is 358 g/mol. The molecule has 0 unspecified atom stereocenters. The molecule has 29 heavy (non-hydrogen) atoms. The van der Waals surface area contributed by atoms with E-state index in [9.17, 15) is 4.79 Å². The Morgan fingerprint density at radius 1 is 0.897 bits per heavy atom. The second-order valence-corrected chi connectivity index (χ2v) is 7.21. The van der Waals surface area contributed by atoms with E-state index in [-0.39, 0.29) is 11.8 Å². The lowest BCUT2D eigenvalue weighted by Gasteiger charge is -2.18. The molecule has 0 aliphatic rings. The summed E-state index contributed by atoms with van der Waals surface area (Å²) >= 11 is 0. The summed E-state index contributed by atoms with van der Waals surface area (Å²) in [5.74, 6) is 0.146. The molecule has 0 atom stereocenters. The van der Waals surface area contributed by atoms with E-state index in [4.69, 9.17) is 0 Å². The van der Waals surface area contributed by atoms with Crippen LogP contribution in [0.25, 0.3) is 11.0 Å². The largest absolute Gasteiger partial charge is 0.356 e. The predicted octanol–water partition coefficient (Wildman–Crippen LogP) is 4.76. The highest BCUT2D eigenvalue weighted by Gasteiger charge is 2.17. The van der Waals surface area contributed by atoms with Crippen LogP contribution in [0.5, 0.6) is 0 Å². The maximum absolute atomic E-state index is 12.6. The Kier molecular flexibility index (Phi) is 6.01. The number of hydrogen-bond donors (Lipinski definition) is 1. The fraction of sp³-hybridized carbons (Fsp3) is 0.200. The fourth-order valence-corrected chi connectivity index (χ4v) is 3.73. The number of amides is 1. The molecule has 1 N–H and O–H groups in total. The number of carbonyl (C=O) groups is 1. The summed E-state index contributed by atoms with van der Waals surface area (Å²) in [6.07, 6.45) is 5.18. The highest BCUT2D eigenvalue weighted by Crippen LogP contribution is 2.27. The first-order valence-corrected chi connectivity index (χ1v) is 10.1. The number of benzene rings is 2.